The fraction of sp³-hybridized carbons (Fsp3) is 0.692. The predicted octanol–water partition coefficient (Wildman–Crippen LogP) is 2.49. The van der Waals surface area contributed by atoms with Crippen molar-refractivity contribution in [1.82, 2.24) is 10.2 Å². The van der Waals surface area contributed by atoms with Crippen molar-refractivity contribution >= 4 is 11.3 Å². The first kappa shape index (κ1) is 10.8. The van der Waals surface area contributed by atoms with Gasteiger partial charge in [-0.15, -0.1) is 11.3 Å². The third kappa shape index (κ3) is 2.47. The first-order chi connectivity index (χ1) is 7.93. The van der Waals surface area contributed by atoms with Gasteiger partial charge in [0.1, 0.15) is 0 Å². The normalized spacial score (nSPS) is 24.5. The molecule has 2 heterocycles. The molecule has 0 aromatic carbocycles. The molecule has 0 amide bonds. The fourth-order valence-corrected chi connectivity index (χ4v) is 3.46. The van der Waals surface area contributed by atoms with Crippen LogP contribution in [-0.2, 0) is 0 Å². The highest BCUT2D eigenvalue weighted by Gasteiger charge is 2.30. The topological polar surface area (TPSA) is 15.3 Å². The van der Waals surface area contributed by atoms with Crippen LogP contribution >= 0.6 is 11.3 Å². The molecule has 3 heteroatoms. The van der Waals surface area contributed by atoms with Crippen molar-refractivity contribution in [3.8, 4) is 0 Å². The Balaban J connectivity index is 1.71. The monoisotopic (exact) mass is 236 g/mol. The molecule has 88 valence electrons. The zero-order valence-corrected chi connectivity index (χ0v) is 10.5. The molecule has 2 nitrogen and oxygen atoms in total. The number of piperazine rings is 1. The Kier molecular flexibility index (Phi) is 3.27. The minimum Gasteiger partial charge on any atom is -0.314 e. The minimum atomic E-state index is 0.703. The number of nitrogens with zero attached hydrogens (tertiary/aromatic N) is 1. The zero-order chi connectivity index (χ0) is 10.8. The van der Waals surface area contributed by atoms with Crippen molar-refractivity contribution in [1.29, 1.82) is 0 Å². The van der Waals surface area contributed by atoms with Gasteiger partial charge < -0.3 is 5.32 Å². The summed E-state index contributed by atoms with van der Waals surface area (Å²) in [4.78, 5) is 4.26. The van der Waals surface area contributed by atoms with Crippen LogP contribution in [0, 0.1) is 5.92 Å². The molecule has 1 aromatic rings. The maximum atomic E-state index is 3.45. The van der Waals surface area contributed by atoms with Gasteiger partial charge in [-0.1, -0.05) is 18.9 Å². The molecule has 1 atom stereocenters. The van der Waals surface area contributed by atoms with E-state index in [1.807, 2.05) is 11.3 Å². The van der Waals surface area contributed by atoms with E-state index in [4.69, 9.17) is 0 Å². The maximum Gasteiger partial charge on any atom is 0.0445 e. The van der Waals surface area contributed by atoms with Crippen LogP contribution in [0.4, 0.5) is 0 Å². The third-order valence-corrected chi connectivity index (χ3v) is 4.69. The summed E-state index contributed by atoms with van der Waals surface area (Å²) in [6, 6.07) is 5.22. The van der Waals surface area contributed by atoms with Gasteiger partial charge in [-0.05, 0) is 23.8 Å². The molecular weight excluding hydrogens is 216 g/mol. The molecule has 2 aliphatic rings. The standard InChI is InChI=1S/C13H20N2S/c1-2-13(16-9-1)12(10-11-3-4-11)15-7-5-14-6-8-15/h1-2,9,11-12,14H,3-8,10H2/t12-/m1/s1. The lowest BCUT2D eigenvalue weighted by atomic mass is 10.1. The maximum absolute atomic E-state index is 3.45. The van der Waals surface area contributed by atoms with E-state index in [2.05, 4.69) is 27.7 Å². The predicted molar refractivity (Wildman–Crippen MR) is 68.8 cm³/mol. The second-order valence-electron chi connectivity index (χ2n) is 5.00. The molecular formula is C13H20N2S. The summed E-state index contributed by atoms with van der Waals surface area (Å²) < 4.78 is 0. The average molecular weight is 236 g/mol. The molecule has 1 aliphatic carbocycles. The van der Waals surface area contributed by atoms with Crippen LogP contribution in [0.1, 0.15) is 30.2 Å². The van der Waals surface area contributed by atoms with E-state index in [1.165, 1.54) is 32.4 Å². The van der Waals surface area contributed by atoms with Gasteiger partial charge in [0.2, 0.25) is 0 Å². The van der Waals surface area contributed by atoms with Crippen molar-refractivity contribution in [2.75, 3.05) is 26.2 Å². The number of rotatable bonds is 4. The summed E-state index contributed by atoms with van der Waals surface area (Å²) in [6.07, 6.45) is 4.32. The van der Waals surface area contributed by atoms with Crippen LogP contribution in [0.15, 0.2) is 17.5 Å². The van der Waals surface area contributed by atoms with Crippen LogP contribution in [0.5, 0.6) is 0 Å². The molecule has 0 unspecified atom stereocenters. The minimum absolute atomic E-state index is 0.703. The van der Waals surface area contributed by atoms with Crippen LogP contribution in [0.2, 0.25) is 0 Å². The molecule has 1 aliphatic heterocycles. The third-order valence-electron chi connectivity index (χ3n) is 3.72. The van der Waals surface area contributed by atoms with Crippen molar-refractivity contribution in [2.24, 2.45) is 5.92 Å². The van der Waals surface area contributed by atoms with Crippen LogP contribution in [-0.4, -0.2) is 31.1 Å². The Bertz CT molecular complexity index is 313. The molecule has 0 bridgehead atoms. The highest BCUT2D eigenvalue weighted by molar-refractivity contribution is 7.10. The molecule has 1 N–H and O–H groups in total. The molecule has 1 saturated heterocycles. The van der Waals surface area contributed by atoms with Gasteiger partial charge >= 0.3 is 0 Å². The van der Waals surface area contributed by atoms with Gasteiger partial charge in [0, 0.05) is 37.1 Å². The Morgan fingerprint density at radius 3 is 2.81 bits per heavy atom. The summed E-state index contributed by atoms with van der Waals surface area (Å²) in [5, 5.41) is 5.67. The molecule has 16 heavy (non-hydrogen) atoms. The van der Waals surface area contributed by atoms with E-state index in [0.29, 0.717) is 6.04 Å². The Labute approximate surface area is 102 Å². The average Bonchev–Trinajstić information content (AvgIpc) is 3.00. The molecule has 1 saturated carbocycles. The highest BCUT2D eigenvalue weighted by Crippen LogP contribution is 2.41. The van der Waals surface area contributed by atoms with Crippen molar-refractivity contribution in [3.63, 3.8) is 0 Å². The van der Waals surface area contributed by atoms with Gasteiger partial charge in [-0.3, -0.25) is 4.90 Å². The summed E-state index contributed by atoms with van der Waals surface area (Å²) in [5.74, 6) is 1.02. The summed E-state index contributed by atoms with van der Waals surface area (Å²) in [6.45, 7) is 4.75. The van der Waals surface area contributed by atoms with Crippen molar-refractivity contribution in [3.05, 3.63) is 22.4 Å². The van der Waals surface area contributed by atoms with Gasteiger partial charge in [-0.25, -0.2) is 0 Å². The first-order valence-corrected chi connectivity index (χ1v) is 7.29. The Morgan fingerprint density at radius 1 is 1.38 bits per heavy atom. The lowest BCUT2D eigenvalue weighted by molar-refractivity contribution is 0.163. The first-order valence-electron chi connectivity index (χ1n) is 6.41. The van der Waals surface area contributed by atoms with Crippen LogP contribution in [0.25, 0.3) is 0 Å². The number of thiophene rings is 1. The largest absolute Gasteiger partial charge is 0.314 e. The van der Waals surface area contributed by atoms with Gasteiger partial charge in [-0.2, -0.15) is 0 Å². The number of nitrogens with one attached hydrogen (secondary N) is 1. The fourth-order valence-electron chi connectivity index (χ4n) is 2.59. The van der Waals surface area contributed by atoms with Gasteiger partial charge in [0.05, 0.1) is 0 Å². The van der Waals surface area contributed by atoms with E-state index in [-0.39, 0.29) is 0 Å². The van der Waals surface area contributed by atoms with E-state index in [9.17, 15) is 0 Å². The number of hydrogen-bond acceptors (Lipinski definition) is 3. The molecule has 3 rings (SSSR count). The molecule has 1 aromatic heterocycles. The van der Waals surface area contributed by atoms with Crippen LogP contribution in [0.3, 0.4) is 0 Å². The lowest BCUT2D eigenvalue weighted by Gasteiger charge is -2.34. The zero-order valence-electron chi connectivity index (χ0n) is 9.69. The Hall–Kier alpha value is -0.380. The van der Waals surface area contributed by atoms with E-state index in [0.717, 1.165) is 19.0 Å². The Morgan fingerprint density at radius 2 is 2.19 bits per heavy atom. The summed E-state index contributed by atoms with van der Waals surface area (Å²) in [7, 11) is 0. The van der Waals surface area contributed by atoms with Crippen molar-refractivity contribution < 1.29 is 0 Å². The molecule has 0 spiro atoms. The van der Waals surface area contributed by atoms with E-state index in [1.54, 1.807) is 4.88 Å². The molecule has 0 radical (unpaired) electrons. The number of hydrogen-bond donors (Lipinski definition) is 1. The SMILES string of the molecule is c1csc([C@@H](CC2CC2)N2CCNCC2)c1. The second-order valence-corrected chi connectivity index (χ2v) is 5.98. The van der Waals surface area contributed by atoms with Crippen LogP contribution < -0.4 is 5.32 Å². The lowest BCUT2D eigenvalue weighted by Crippen LogP contribution is -2.45. The van der Waals surface area contributed by atoms with E-state index >= 15 is 0 Å². The van der Waals surface area contributed by atoms with Gasteiger partial charge in [0.15, 0.2) is 0 Å². The summed E-state index contributed by atoms with van der Waals surface area (Å²) in [5.41, 5.74) is 0. The van der Waals surface area contributed by atoms with Crippen molar-refractivity contribution in [2.45, 2.75) is 25.3 Å². The second kappa shape index (κ2) is 4.86. The molecule has 2 fully saturated rings. The highest BCUT2D eigenvalue weighted by atomic mass is 32.1. The van der Waals surface area contributed by atoms with Gasteiger partial charge in [0.25, 0.3) is 0 Å². The smallest absolute Gasteiger partial charge is 0.0445 e. The van der Waals surface area contributed by atoms with E-state index < -0.39 is 0 Å². The summed E-state index contributed by atoms with van der Waals surface area (Å²) >= 11 is 1.93. The quantitative estimate of drug-likeness (QED) is 0.864.